The zero-order chi connectivity index (χ0) is 27.7. The lowest BCUT2D eigenvalue weighted by atomic mass is 9.85. The second-order valence-electron chi connectivity index (χ2n) is 11.8. The predicted octanol–water partition coefficient (Wildman–Crippen LogP) is 1.33. The van der Waals surface area contributed by atoms with Crippen molar-refractivity contribution >= 4 is 41.1 Å². The van der Waals surface area contributed by atoms with Crippen molar-refractivity contribution in [1.29, 1.82) is 0 Å². The van der Waals surface area contributed by atoms with Crippen LogP contribution in [0.3, 0.4) is 0 Å². The molecule has 0 spiro atoms. The lowest BCUT2D eigenvalue weighted by Gasteiger charge is -2.37. The normalized spacial score (nSPS) is 26.9. The van der Waals surface area contributed by atoms with Crippen molar-refractivity contribution in [2.75, 3.05) is 19.6 Å². The Morgan fingerprint density at radius 2 is 1.86 bits per heavy atom. The summed E-state index contributed by atoms with van der Waals surface area (Å²) < 4.78 is 13.8. The van der Waals surface area contributed by atoms with Crippen molar-refractivity contribution in [2.45, 2.75) is 78.0 Å². The molecule has 3 rings (SSSR count). The van der Waals surface area contributed by atoms with Gasteiger partial charge in [0.25, 0.3) is 17.4 Å². The number of fused-ring (bicyclic) bond motifs is 1. The summed E-state index contributed by atoms with van der Waals surface area (Å²) in [6.45, 7) is 9.55. The third-order valence-corrected chi connectivity index (χ3v) is 7.82. The van der Waals surface area contributed by atoms with E-state index >= 15 is 0 Å². The first-order valence-corrected chi connectivity index (χ1v) is 13.4. The highest BCUT2D eigenvalue weighted by atomic mass is 35.5. The van der Waals surface area contributed by atoms with Gasteiger partial charge in [0, 0.05) is 19.0 Å². The van der Waals surface area contributed by atoms with Gasteiger partial charge < -0.3 is 15.5 Å². The summed E-state index contributed by atoms with van der Waals surface area (Å²) in [7, 11) is 0. The first-order valence-electron chi connectivity index (χ1n) is 13.0. The van der Waals surface area contributed by atoms with Gasteiger partial charge >= 0.3 is 0 Å². The van der Waals surface area contributed by atoms with E-state index in [0.717, 1.165) is 24.3 Å². The molecule has 2 heterocycles. The molecule has 37 heavy (non-hydrogen) atoms. The van der Waals surface area contributed by atoms with Crippen molar-refractivity contribution in [3.63, 3.8) is 0 Å². The van der Waals surface area contributed by atoms with Crippen LogP contribution in [0.4, 0.5) is 4.39 Å². The molecule has 208 valence electrons. The highest BCUT2D eigenvalue weighted by molar-refractivity contribution is 6.29. The number of nitrogens with one attached hydrogen (secondary N) is 3. The molecule has 1 saturated carbocycles. The van der Waals surface area contributed by atoms with Gasteiger partial charge in [-0.1, -0.05) is 52.6 Å². The molecule has 0 unspecified atom stereocenters. The van der Waals surface area contributed by atoms with Gasteiger partial charge in [-0.3, -0.25) is 29.4 Å². The maximum Gasteiger partial charge on any atom is 0.291 e. The first-order chi connectivity index (χ1) is 17.2. The number of hydrogen-bond acceptors (Lipinski definition) is 5. The summed E-state index contributed by atoms with van der Waals surface area (Å²) in [5.74, 6) is -3.70. The van der Waals surface area contributed by atoms with Crippen LogP contribution < -0.4 is 16.1 Å². The van der Waals surface area contributed by atoms with E-state index < -0.39 is 40.9 Å². The second-order valence-corrected chi connectivity index (χ2v) is 12.1. The molecule has 2 aliphatic heterocycles. The van der Waals surface area contributed by atoms with Gasteiger partial charge in [0.1, 0.15) is 12.1 Å². The summed E-state index contributed by atoms with van der Waals surface area (Å²) >= 11 is 5.41. The smallest absolute Gasteiger partial charge is 0.291 e. The Labute approximate surface area is 222 Å². The summed E-state index contributed by atoms with van der Waals surface area (Å²) in [5.41, 5.74) is -0.547. The molecule has 3 fully saturated rings. The molecule has 1 aliphatic carbocycles. The zero-order valence-corrected chi connectivity index (χ0v) is 22.9. The molecule has 0 radical (unpaired) electrons. The Balaban J connectivity index is 1.86. The van der Waals surface area contributed by atoms with E-state index in [1.54, 1.807) is 13.8 Å². The van der Waals surface area contributed by atoms with E-state index in [1.165, 1.54) is 4.90 Å². The second kappa shape index (κ2) is 11.5. The Hall–Kier alpha value is -2.43. The SMILES string of the molecule is CC(C)C(=O)N[C@H](C(=O)N1C[C@@H]2CCC[C@@H]2[C@H]1C(=O)NN(C[C@@H]1CCNC1=O)C(=O)[C@H](F)Cl)C(C)(C)C. The summed E-state index contributed by atoms with van der Waals surface area (Å²) in [4.78, 5) is 66.1. The van der Waals surface area contributed by atoms with Crippen molar-refractivity contribution in [3.05, 3.63) is 0 Å². The molecule has 0 bridgehead atoms. The monoisotopic (exact) mass is 543 g/mol. The van der Waals surface area contributed by atoms with E-state index in [1.807, 2.05) is 20.8 Å². The molecular formula is C25H39ClFN5O5. The van der Waals surface area contributed by atoms with Crippen LogP contribution in [0.5, 0.6) is 0 Å². The number of alkyl halides is 2. The van der Waals surface area contributed by atoms with Gasteiger partial charge in [-0.2, -0.15) is 0 Å². The number of nitrogens with zero attached hydrogens (tertiary/aromatic N) is 2. The number of carbonyl (C=O) groups excluding carboxylic acids is 5. The summed E-state index contributed by atoms with van der Waals surface area (Å²) in [6.07, 6.45) is 2.92. The summed E-state index contributed by atoms with van der Waals surface area (Å²) in [6, 6.07) is -1.77. The van der Waals surface area contributed by atoms with Gasteiger partial charge in [0.05, 0.1) is 12.5 Å². The van der Waals surface area contributed by atoms with E-state index in [2.05, 4.69) is 16.1 Å². The van der Waals surface area contributed by atoms with Crippen molar-refractivity contribution in [2.24, 2.45) is 29.1 Å². The van der Waals surface area contributed by atoms with Gasteiger partial charge in [-0.05, 0) is 36.5 Å². The molecule has 6 atom stereocenters. The van der Waals surface area contributed by atoms with Gasteiger partial charge in [-0.25, -0.2) is 9.40 Å². The average molecular weight is 544 g/mol. The minimum atomic E-state index is -2.40. The summed E-state index contributed by atoms with van der Waals surface area (Å²) in [5, 5.41) is 6.26. The molecule has 0 aromatic carbocycles. The van der Waals surface area contributed by atoms with Crippen molar-refractivity contribution in [1.82, 2.24) is 26.0 Å². The van der Waals surface area contributed by atoms with E-state index in [9.17, 15) is 28.4 Å². The van der Waals surface area contributed by atoms with Gasteiger partial charge in [0.2, 0.25) is 17.7 Å². The van der Waals surface area contributed by atoms with Crippen molar-refractivity contribution < 1.29 is 28.4 Å². The van der Waals surface area contributed by atoms with E-state index in [0.29, 0.717) is 19.5 Å². The number of carbonyl (C=O) groups is 5. The number of likely N-dealkylation sites (tertiary alicyclic amines) is 1. The quantitative estimate of drug-likeness (QED) is 0.330. The number of halogens is 2. The highest BCUT2D eigenvalue weighted by Gasteiger charge is 2.52. The Morgan fingerprint density at radius 1 is 1.19 bits per heavy atom. The molecule has 0 aromatic rings. The molecule has 5 amide bonds. The topological polar surface area (TPSA) is 128 Å². The number of hydrogen-bond donors (Lipinski definition) is 3. The third-order valence-electron chi connectivity index (χ3n) is 7.63. The number of rotatable bonds is 7. The van der Waals surface area contributed by atoms with E-state index in [-0.39, 0.29) is 42.0 Å². The minimum Gasteiger partial charge on any atom is -0.356 e. The van der Waals surface area contributed by atoms with Gasteiger partial charge in [0.15, 0.2) is 0 Å². The molecule has 12 heteroatoms. The predicted molar refractivity (Wildman–Crippen MR) is 134 cm³/mol. The van der Waals surface area contributed by atoms with Crippen LogP contribution in [-0.4, -0.2) is 76.8 Å². The fraction of sp³-hybridized carbons (Fsp3) is 0.800. The molecule has 10 nitrogen and oxygen atoms in total. The van der Waals surface area contributed by atoms with E-state index in [4.69, 9.17) is 11.6 Å². The lowest BCUT2D eigenvalue weighted by Crippen LogP contribution is -2.61. The largest absolute Gasteiger partial charge is 0.356 e. The third kappa shape index (κ3) is 6.53. The maximum atomic E-state index is 13.9. The van der Waals surface area contributed by atoms with Crippen LogP contribution >= 0.6 is 11.6 Å². The van der Waals surface area contributed by atoms with Crippen LogP contribution in [0.15, 0.2) is 0 Å². The molecular weight excluding hydrogens is 505 g/mol. The molecule has 0 aromatic heterocycles. The Bertz CT molecular complexity index is 924. The molecule has 3 N–H and O–H groups in total. The molecule has 2 saturated heterocycles. The number of hydrazine groups is 1. The average Bonchev–Trinajstić information content (AvgIpc) is 3.51. The van der Waals surface area contributed by atoms with Crippen LogP contribution in [0.1, 0.15) is 60.3 Å². The van der Waals surface area contributed by atoms with Crippen molar-refractivity contribution in [3.8, 4) is 0 Å². The number of amides is 5. The minimum absolute atomic E-state index is 0.104. The van der Waals surface area contributed by atoms with Crippen LogP contribution in [0.2, 0.25) is 0 Å². The lowest BCUT2D eigenvalue weighted by molar-refractivity contribution is -0.150. The first kappa shape index (κ1) is 29.1. The van der Waals surface area contributed by atoms with Crippen LogP contribution in [0, 0.1) is 29.1 Å². The molecule has 3 aliphatic rings. The van der Waals surface area contributed by atoms with Crippen LogP contribution in [-0.2, 0) is 24.0 Å². The zero-order valence-electron chi connectivity index (χ0n) is 22.2. The Morgan fingerprint density at radius 3 is 2.41 bits per heavy atom. The fourth-order valence-electron chi connectivity index (χ4n) is 5.54. The Kier molecular flexibility index (Phi) is 9.08. The van der Waals surface area contributed by atoms with Gasteiger partial charge in [-0.15, -0.1) is 0 Å². The van der Waals surface area contributed by atoms with Crippen LogP contribution in [0.25, 0.3) is 0 Å². The fourth-order valence-corrected chi connectivity index (χ4v) is 5.66. The standard InChI is InChI=1S/C25H39ClFN5O5/c1-13(2)20(33)29-18(25(3,4)5)23(36)31-11-14-7-6-8-16(14)17(31)22(35)30-32(24(37)19(26)27)12-15-9-10-28-21(15)34/h13-19H,6-12H2,1-5H3,(H,28,34)(H,29,33)(H,30,35)/t14-,15-,16-,17-,18+,19-/m0/s1. The highest BCUT2D eigenvalue weighted by Crippen LogP contribution is 2.43. The maximum absolute atomic E-state index is 13.9.